The molecule has 1 heterocycles. The number of aromatic nitrogens is 2. The molecule has 0 bridgehead atoms. The summed E-state index contributed by atoms with van der Waals surface area (Å²) in [6.07, 6.45) is 1.99. The first-order chi connectivity index (χ1) is 8.61. The first-order valence-corrected chi connectivity index (χ1v) is 6.57. The van der Waals surface area contributed by atoms with E-state index in [1.54, 1.807) is 0 Å². The number of nitrogens with two attached hydrogens (primary N) is 1. The highest BCUT2D eigenvalue weighted by Crippen LogP contribution is 2.25. The van der Waals surface area contributed by atoms with Crippen molar-refractivity contribution in [1.29, 1.82) is 0 Å². The van der Waals surface area contributed by atoms with Crippen LogP contribution in [0.15, 0.2) is 24.3 Å². The van der Waals surface area contributed by atoms with E-state index in [4.69, 9.17) is 17.3 Å². The molecule has 2 aromatic rings. The topological polar surface area (TPSA) is 54.7 Å². The smallest absolute Gasteiger partial charge is 0.123 e. The third-order valence-electron chi connectivity index (χ3n) is 2.97. The average molecular weight is 264 g/mol. The van der Waals surface area contributed by atoms with Crippen LogP contribution in [0.1, 0.15) is 37.3 Å². The van der Waals surface area contributed by atoms with Crippen molar-refractivity contribution in [3.8, 4) is 11.3 Å². The Morgan fingerprint density at radius 2 is 2.00 bits per heavy atom. The Morgan fingerprint density at radius 1 is 1.33 bits per heavy atom. The number of aryl methyl sites for hydroxylation is 1. The van der Waals surface area contributed by atoms with Crippen molar-refractivity contribution < 1.29 is 0 Å². The number of H-pyrrole nitrogens is 1. The van der Waals surface area contributed by atoms with Gasteiger partial charge >= 0.3 is 0 Å². The van der Waals surface area contributed by atoms with E-state index in [9.17, 15) is 0 Å². The van der Waals surface area contributed by atoms with Crippen LogP contribution in [-0.2, 0) is 0 Å². The first-order valence-electron chi connectivity index (χ1n) is 6.19. The number of hydrogen-bond acceptors (Lipinski definition) is 2. The van der Waals surface area contributed by atoms with Crippen LogP contribution in [0, 0.1) is 6.92 Å². The fourth-order valence-electron chi connectivity index (χ4n) is 2.00. The SMILES string of the molecule is CCCC(N)c1nc(-c2ccc(Cl)cc2)c(C)[nH]1. The predicted molar refractivity (Wildman–Crippen MR) is 75.6 cm³/mol. The summed E-state index contributed by atoms with van der Waals surface area (Å²) in [5.74, 6) is 0.860. The molecule has 3 nitrogen and oxygen atoms in total. The highest BCUT2D eigenvalue weighted by molar-refractivity contribution is 6.30. The minimum absolute atomic E-state index is 0.0187. The van der Waals surface area contributed by atoms with Crippen LogP contribution in [0.4, 0.5) is 0 Å². The van der Waals surface area contributed by atoms with Crippen LogP contribution in [0.2, 0.25) is 5.02 Å². The Balaban J connectivity index is 2.31. The lowest BCUT2D eigenvalue weighted by Crippen LogP contribution is -2.11. The Morgan fingerprint density at radius 3 is 2.61 bits per heavy atom. The molecule has 4 heteroatoms. The lowest BCUT2D eigenvalue weighted by molar-refractivity contribution is 0.608. The van der Waals surface area contributed by atoms with E-state index < -0.39 is 0 Å². The van der Waals surface area contributed by atoms with Crippen LogP contribution in [-0.4, -0.2) is 9.97 Å². The lowest BCUT2D eigenvalue weighted by atomic mass is 10.1. The van der Waals surface area contributed by atoms with Crippen LogP contribution < -0.4 is 5.73 Å². The predicted octanol–water partition coefficient (Wildman–Crippen LogP) is 3.84. The number of nitrogens with one attached hydrogen (secondary N) is 1. The molecule has 0 spiro atoms. The second-order valence-corrected chi connectivity index (χ2v) is 4.93. The Hall–Kier alpha value is -1.32. The summed E-state index contributed by atoms with van der Waals surface area (Å²) in [7, 11) is 0. The van der Waals surface area contributed by atoms with Gasteiger partial charge in [0.25, 0.3) is 0 Å². The molecule has 0 amide bonds. The van der Waals surface area contributed by atoms with Gasteiger partial charge in [-0.15, -0.1) is 0 Å². The van der Waals surface area contributed by atoms with Gasteiger partial charge in [0.1, 0.15) is 5.82 Å². The van der Waals surface area contributed by atoms with Crippen LogP contribution in [0.3, 0.4) is 0 Å². The number of halogens is 1. The largest absolute Gasteiger partial charge is 0.344 e. The van der Waals surface area contributed by atoms with E-state index in [2.05, 4.69) is 16.9 Å². The second-order valence-electron chi connectivity index (χ2n) is 4.50. The lowest BCUT2D eigenvalue weighted by Gasteiger charge is -2.05. The molecule has 18 heavy (non-hydrogen) atoms. The van der Waals surface area contributed by atoms with Gasteiger partial charge in [-0.3, -0.25) is 0 Å². The van der Waals surface area contributed by atoms with E-state index >= 15 is 0 Å². The molecule has 2 rings (SSSR count). The van der Waals surface area contributed by atoms with E-state index in [-0.39, 0.29) is 6.04 Å². The molecule has 0 fully saturated rings. The number of imidazole rings is 1. The van der Waals surface area contributed by atoms with Gasteiger partial charge in [0, 0.05) is 16.3 Å². The fraction of sp³-hybridized carbons (Fsp3) is 0.357. The van der Waals surface area contributed by atoms with Crippen molar-refractivity contribution in [2.24, 2.45) is 5.73 Å². The number of hydrogen-bond donors (Lipinski definition) is 2. The number of rotatable bonds is 4. The summed E-state index contributed by atoms with van der Waals surface area (Å²) < 4.78 is 0. The van der Waals surface area contributed by atoms with Gasteiger partial charge in [-0.1, -0.05) is 37.1 Å². The maximum absolute atomic E-state index is 6.08. The Labute approximate surface area is 112 Å². The zero-order valence-electron chi connectivity index (χ0n) is 10.7. The van der Waals surface area contributed by atoms with Crippen LogP contribution in [0.5, 0.6) is 0 Å². The molecule has 0 aliphatic heterocycles. The molecular weight excluding hydrogens is 246 g/mol. The Kier molecular flexibility index (Phi) is 4.04. The van der Waals surface area contributed by atoms with Crippen molar-refractivity contribution >= 4 is 11.6 Å². The molecule has 1 aromatic carbocycles. The molecule has 96 valence electrons. The Bertz CT molecular complexity index is 516. The van der Waals surface area contributed by atoms with Gasteiger partial charge in [-0.25, -0.2) is 4.98 Å². The molecule has 0 aliphatic carbocycles. The summed E-state index contributed by atoms with van der Waals surface area (Å²) in [5, 5.41) is 0.731. The maximum Gasteiger partial charge on any atom is 0.123 e. The van der Waals surface area contributed by atoms with E-state index in [0.29, 0.717) is 0 Å². The molecule has 1 unspecified atom stereocenters. The van der Waals surface area contributed by atoms with Crippen molar-refractivity contribution in [2.75, 3.05) is 0 Å². The highest BCUT2D eigenvalue weighted by Gasteiger charge is 2.13. The molecule has 0 saturated heterocycles. The quantitative estimate of drug-likeness (QED) is 0.881. The van der Waals surface area contributed by atoms with E-state index in [1.807, 2.05) is 31.2 Å². The standard InChI is InChI=1S/C14H18ClN3/c1-3-4-12(16)14-17-9(2)13(18-14)10-5-7-11(15)8-6-10/h5-8,12H,3-4,16H2,1-2H3,(H,17,18). The van der Waals surface area contributed by atoms with Crippen molar-refractivity contribution in [2.45, 2.75) is 32.7 Å². The van der Waals surface area contributed by atoms with Gasteiger partial charge in [-0.05, 0) is 25.5 Å². The number of nitrogens with zero attached hydrogens (tertiary/aromatic N) is 1. The third kappa shape index (κ3) is 2.74. The zero-order valence-corrected chi connectivity index (χ0v) is 11.5. The fourth-order valence-corrected chi connectivity index (χ4v) is 2.12. The second kappa shape index (κ2) is 5.55. The third-order valence-corrected chi connectivity index (χ3v) is 3.22. The van der Waals surface area contributed by atoms with Crippen molar-refractivity contribution in [3.05, 3.63) is 40.8 Å². The summed E-state index contributed by atoms with van der Waals surface area (Å²) >= 11 is 5.89. The molecule has 0 saturated carbocycles. The highest BCUT2D eigenvalue weighted by atomic mass is 35.5. The normalized spacial score (nSPS) is 12.7. The minimum atomic E-state index is -0.0187. The summed E-state index contributed by atoms with van der Waals surface area (Å²) in [6, 6.07) is 7.67. The molecule has 0 aliphatic rings. The zero-order chi connectivity index (χ0) is 13.1. The average Bonchev–Trinajstić information content (AvgIpc) is 2.73. The molecule has 1 atom stereocenters. The summed E-state index contributed by atoms with van der Waals surface area (Å²) in [4.78, 5) is 7.88. The first kappa shape index (κ1) is 13.1. The van der Waals surface area contributed by atoms with Crippen molar-refractivity contribution in [1.82, 2.24) is 9.97 Å². The van der Waals surface area contributed by atoms with E-state index in [1.165, 1.54) is 0 Å². The number of aromatic amines is 1. The van der Waals surface area contributed by atoms with E-state index in [0.717, 1.165) is 40.6 Å². The summed E-state index contributed by atoms with van der Waals surface area (Å²) in [5.41, 5.74) is 9.13. The monoisotopic (exact) mass is 263 g/mol. The van der Waals surface area contributed by atoms with Crippen molar-refractivity contribution in [3.63, 3.8) is 0 Å². The van der Waals surface area contributed by atoms with Crippen LogP contribution >= 0.6 is 11.6 Å². The molecule has 0 radical (unpaired) electrons. The summed E-state index contributed by atoms with van der Waals surface area (Å²) in [6.45, 7) is 4.13. The van der Waals surface area contributed by atoms with Gasteiger partial charge in [0.2, 0.25) is 0 Å². The minimum Gasteiger partial charge on any atom is -0.344 e. The van der Waals surface area contributed by atoms with Gasteiger partial charge in [0.05, 0.1) is 11.7 Å². The van der Waals surface area contributed by atoms with Gasteiger partial charge < -0.3 is 10.7 Å². The molecule has 3 N–H and O–H groups in total. The van der Waals surface area contributed by atoms with Gasteiger partial charge in [-0.2, -0.15) is 0 Å². The number of benzene rings is 1. The maximum atomic E-state index is 6.08. The van der Waals surface area contributed by atoms with Crippen LogP contribution in [0.25, 0.3) is 11.3 Å². The molecule has 1 aromatic heterocycles. The van der Waals surface area contributed by atoms with Gasteiger partial charge in [0.15, 0.2) is 0 Å². The molecular formula is C14H18ClN3.